The van der Waals surface area contributed by atoms with Crippen LogP contribution in [0.5, 0.6) is 0 Å². The minimum atomic E-state index is -1.63. The highest BCUT2D eigenvalue weighted by molar-refractivity contribution is 6.52. The largest absolute Gasteiger partial charge is 0.481 e. The summed E-state index contributed by atoms with van der Waals surface area (Å²) in [6.07, 6.45) is 3.58. The molecule has 0 aromatic carbocycles. The van der Waals surface area contributed by atoms with Gasteiger partial charge in [0.05, 0.1) is 6.54 Å². The number of Topliss-reactive ketones (excluding diaryl/α,β-unsaturated/α-hetero) is 1. The van der Waals surface area contributed by atoms with E-state index in [4.69, 9.17) is 0 Å². The first-order chi connectivity index (χ1) is 8.15. The van der Waals surface area contributed by atoms with Crippen LogP contribution in [0.3, 0.4) is 0 Å². The normalized spacial score (nSPS) is 29.8. The molecule has 4 N–H and O–H groups in total. The molecule has 2 aliphatic rings. The van der Waals surface area contributed by atoms with Gasteiger partial charge in [0.2, 0.25) is 0 Å². The molecule has 6 nitrogen and oxygen atoms in total. The first-order valence-corrected chi connectivity index (χ1v) is 6.28. The second-order valence-corrected chi connectivity index (χ2v) is 4.83. The molecule has 0 bridgehead atoms. The van der Waals surface area contributed by atoms with Gasteiger partial charge in [0.25, 0.3) is 0 Å². The van der Waals surface area contributed by atoms with Crippen molar-refractivity contribution < 1.29 is 14.8 Å². The summed E-state index contributed by atoms with van der Waals surface area (Å²) in [5.74, 6) is -0.170. The van der Waals surface area contributed by atoms with Gasteiger partial charge < -0.3 is 15.4 Å². The number of rotatable bonds is 5. The lowest BCUT2D eigenvalue weighted by atomic mass is 9.61. The SMILES string of the molecule is O=C(CNN1CCCC1)[C@]1(B(O)O)CCCN1. The highest BCUT2D eigenvalue weighted by atomic mass is 16.4. The van der Waals surface area contributed by atoms with E-state index in [1.54, 1.807) is 0 Å². The summed E-state index contributed by atoms with van der Waals surface area (Å²) >= 11 is 0. The molecular weight excluding hydrogens is 221 g/mol. The standard InChI is InChI=1S/C10H20BN3O3/c15-9(8-13-14-6-1-2-7-14)10(11(16)17)4-3-5-12-10/h12-13,16-17H,1-8H2/t10-/m0/s1. The van der Waals surface area contributed by atoms with Crippen LogP contribution >= 0.6 is 0 Å². The topological polar surface area (TPSA) is 84.8 Å². The molecule has 0 aromatic rings. The fraction of sp³-hybridized carbons (Fsp3) is 0.900. The number of hydrogen-bond acceptors (Lipinski definition) is 6. The Kier molecular flexibility index (Phi) is 4.16. The zero-order valence-electron chi connectivity index (χ0n) is 9.98. The van der Waals surface area contributed by atoms with Crippen molar-refractivity contribution in [3.8, 4) is 0 Å². The Hall–Kier alpha value is -0.465. The van der Waals surface area contributed by atoms with Crippen molar-refractivity contribution in [1.29, 1.82) is 0 Å². The van der Waals surface area contributed by atoms with Gasteiger partial charge in [0, 0.05) is 13.1 Å². The monoisotopic (exact) mass is 241 g/mol. The second kappa shape index (κ2) is 5.45. The van der Waals surface area contributed by atoms with Crippen molar-refractivity contribution in [3.05, 3.63) is 0 Å². The maximum Gasteiger partial charge on any atom is 0.481 e. The summed E-state index contributed by atoms with van der Waals surface area (Å²) in [5, 5.41) is 23.7. The van der Waals surface area contributed by atoms with E-state index in [2.05, 4.69) is 10.7 Å². The Balaban J connectivity index is 1.88. The van der Waals surface area contributed by atoms with E-state index in [1.807, 2.05) is 5.01 Å². The van der Waals surface area contributed by atoms with Crippen LogP contribution in [0.25, 0.3) is 0 Å². The predicted molar refractivity (Wildman–Crippen MR) is 64.0 cm³/mol. The lowest BCUT2D eigenvalue weighted by Crippen LogP contribution is -2.62. The van der Waals surface area contributed by atoms with Crippen LogP contribution in [0.4, 0.5) is 0 Å². The van der Waals surface area contributed by atoms with E-state index in [-0.39, 0.29) is 12.3 Å². The lowest BCUT2D eigenvalue weighted by molar-refractivity contribution is -0.122. The van der Waals surface area contributed by atoms with Crippen LogP contribution in [0.2, 0.25) is 0 Å². The molecule has 2 saturated heterocycles. The van der Waals surface area contributed by atoms with Gasteiger partial charge in [-0.2, -0.15) is 0 Å². The van der Waals surface area contributed by atoms with Gasteiger partial charge in [-0.1, -0.05) is 0 Å². The zero-order chi connectivity index (χ0) is 12.3. The van der Waals surface area contributed by atoms with Gasteiger partial charge in [-0.05, 0) is 32.2 Å². The maximum atomic E-state index is 12.1. The molecule has 0 aromatic heterocycles. The molecule has 1 atom stereocenters. The fourth-order valence-corrected chi connectivity index (χ4v) is 2.59. The molecule has 17 heavy (non-hydrogen) atoms. The lowest BCUT2D eigenvalue weighted by Gasteiger charge is -2.28. The summed E-state index contributed by atoms with van der Waals surface area (Å²) in [7, 11) is -1.63. The first-order valence-electron chi connectivity index (χ1n) is 6.28. The Morgan fingerprint density at radius 2 is 2.06 bits per heavy atom. The third kappa shape index (κ3) is 2.69. The first kappa shape index (κ1) is 13.0. The summed E-state index contributed by atoms with van der Waals surface area (Å²) in [6, 6.07) is 0. The molecule has 2 rings (SSSR count). The number of ketones is 1. The van der Waals surface area contributed by atoms with E-state index in [0.717, 1.165) is 32.4 Å². The number of nitrogens with zero attached hydrogens (tertiary/aromatic N) is 1. The average Bonchev–Trinajstić information content (AvgIpc) is 2.97. The third-order valence-corrected chi connectivity index (χ3v) is 3.70. The fourth-order valence-electron chi connectivity index (χ4n) is 2.59. The number of hydrazine groups is 1. The molecule has 96 valence electrons. The van der Waals surface area contributed by atoms with Gasteiger partial charge in [0.1, 0.15) is 5.44 Å². The molecule has 0 radical (unpaired) electrons. The average molecular weight is 241 g/mol. The maximum absolute atomic E-state index is 12.1. The third-order valence-electron chi connectivity index (χ3n) is 3.70. The summed E-state index contributed by atoms with van der Waals surface area (Å²) in [6.45, 7) is 2.72. The van der Waals surface area contributed by atoms with Crippen molar-refractivity contribution in [2.75, 3.05) is 26.2 Å². The number of nitrogens with one attached hydrogen (secondary N) is 2. The van der Waals surface area contributed by atoms with Gasteiger partial charge >= 0.3 is 7.12 Å². The summed E-state index contributed by atoms with van der Waals surface area (Å²) in [4.78, 5) is 12.1. The molecule has 0 saturated carbocycles. The van der Waals surface area contributed by atoms with Crippen molar-refractivity contribution in [2.45, 2.75) is 31.1 Å². The summed E-state index contributed by atoms with van der Waals surface area (Å²) < 4.78 is 0. The van der Waals surface area contributed by atoms with Crippen molar-refractivity contribution in [1.82, 2.24) is 15.8 Å². The smallest absolute Gasteiger partial charge is 0.426 e. The van der Waals surface area contributed by atoms with Crippen LogP contribution in [-0.4, -0.2) is 59.6 Å². The van der Waals surface area contributed by atoms with Crippen LogP contribution in [-0.2, 0) is 4.79 Å². The Bertz CT molecular complexity index is 276. The van der Waals surface area contributed by atoms with Gasteiger partial charge in [-0.3, -0.25) is 4.79 Å². The molecule has 7 heteroatoms. The molecule has 0 unspecified atom stereocenters. The minimum Gasteiger partial charge on any atom is -0.426 e. The molecular formula is C10H20BN3O3. The van der Waals surface area contributed by atoms with Crippen LogP contribution in [0, 0.1) is 0 Å². The van der Waals surface area contributed by atoms with E-state index < -0.39 is 12.6 Å². The van der Waals surface area contributed by atoms with E-state index in [0.29, 0.717) is 13.0 Å². The van der Waals surface area contributed by atoms with E-state index >= 15 is 0 Å². The molecule has 2 aliphatic heterocycles. The van der Waals surface area contributed by atoms with Crippen LogP contribution in [0.1, 0.15) is 25.7 Å². The van der Waals surface area contributed by atoms with Crippen LogP contribution < -0.4 is 10.7 Å². The highest BCUT2D eigenvalue weighted by Crippen LogP contribution is 2.21. The highest BCUT2D eigenvalue weighted by Gasteiger charge is 2.50. The molecule has 0 spiro atoms. The number of carbonyl (C=O) groups excluding carboxylic acids is 1. The van der Waals surface area contributed by atoms with Gasteiger partial charge in [-0.25, -0.2) is 10.4 Å². The Morgan fingerprint density at radius 3 is 2.59 bits per heavy atom. The molecule has 0 aliphatic carbocycles. The Labute approximate surface area is 101 Å². The van der Waals surface area contributed by atoms with Gasteiger partial charge in [0.15, 0.2) is 5.78 Å². The van der Waals surface area contributed by atoms with Crippen molar-refractivity contribution in [2.24, 2.45) is 0 Å². The Morgan fingerprint density at radius 1 is 1.35 bits per heavy atom. The molecule has 2 fully saturated rings. The predicted octanol–water partition coefficient (Wildman–Crippen LogP) is -1.71. The van der Waals surface area contributed by atoms with E-state index in [1.165, 1.54) is 0 Å². The quantitative estimate of drug-likeness (QED) is 0.429. The van der Waals surface area contributed by atoms with Crippen LogP contribution in [0.15, 0.2) is 0 Å². The number of carbonyl (C=O) groups is 1. The molecule has 0 amide bonds. The second-order valence-electron chi connectivity index (χ2n) is 4.83. The summed E-state index contributed by atoms with van der Waals surface area (Å²) in [5.41, 5.74) is 1.90. The minimum absolute atomic E-state index is 0.157. The number of hydrogen-bond donors (Lipinski definition) is 4. The van der Waals surface area contributed by atoms with Crippen molar-refractivity contribution >= 4 is 12.9 Å². The van der Waals surface area contributed by atoms with Crippen molar-refractivity contribution in [3.63, 3.8) is 0 Å². The molecule has 2 heterocycles. The zero-order valence-corrected chi connectivity index (χ0v) is 9.98. The van der Waals surface area contributed by atoms with Gasteiger partial charge in [-0.15, -0.1) is 0 Å². The van der Waals surface area contributed by atoms with E-state index in [9.17, 15) is 14.8 Å².